The van der Waals surface area contributed by atoms with E-state index in [1.807, 2.05) is 0 Å². The van der Waals surface area contributed by atoms with E-state index in [0.717, 1.165) is 0 Å². The minimum atomic E-state index is 0.523. The summed E-state index contributed by atoms with van der Waals surface area (Å²) < 4.78 is 0. The Hall–Kier alpha value is 0.270. The maximum atomic E-state index is 2.50. The molecular formula is C7H14N2S. The van der Waals surface area contributed by atoms with E-state index in [1.54, 1.807) is 0 Å². The second kappa shape index (κ2) is 2.13. The molecule has 0 bridgehead atoms. The summed E-state index contributed by atoms with van der Waals surface area (Å²) in [7, 11) is 4.44. The van der Waals surface area contributed by atoms with Gasteiger partial charge in [0.1, 0.15) is 0 Å². The van der Waals surface area contributed by atoms with Crippen LogP contribution in [0.4, 0.5) is 0 Å². The van der Waals surface area contributed by atoms with E-state index >= 15 is 0 Å². The fraction of sp³-hybridized carbons (Fsp3) is 1.00. The van der Waals surface area contributed by atoms with Gasteiger partial charge in [0.15, 0.2) is 0 Å². The average Bonchev–Trinajstić information content (AvgIpc) is 2.12. The van der Waals surface area contributed by atoms with E-state index in [2.05, 4.69) is 35.7 Å². The Morgan fingerprint density at radius 3 is 2.40 bits per heavy atom. The van der Waals surface area contributed by atoms with Gasteiger partial charge in [-0.2, -0.15) is 0 Å². The van der Waals surface area contributed by atoms with Crippen LogP contribution in [0.15, 0.2) is 0 Å². The van der Waals surface area contributed by atoms with Crippen LogP contribution in [0.25, 0.3) is 0 Å². The van der Waals surface area contributed by atoms with E-state index in [1.165, 1.54) is 25.4 Å². The SMILES string of the molecule is CN1CC2(C1)SCCN2C. The Morgan fingerprint density at radius 2 is 2.00 bits per heavy atom. The normalized spacial score (nSPS) is 33.0. The Morgan fingerprint density at radius 1 is 1.30 bits per heavy atom. The summed E-state index contributed by atoms with van der Waals surface area (Å²) in [5, 5.41) is 0. The van der Waals surface area contributed by atoms with Gasteiger partial charge < -0.3 is 4.90 Å². The van der Waals surface area contributed by atoms with Crippen molar-refractivity contribution in [3.05, 3.63) is 0 Å². The predicted molar refractivity (Wildman–Crippen MR) is 45.3 cm³/mol. The highest BCUT2D eigenvalue weighted by Gasteiger charge is 2.47. The van der Waals surface area contributed by atoms with Crippen LogP contribution >= 0.6 is 11.8 Å². The van der Waals surface area contributed by atoms with Crippen molar-refractivity contribution in [1.82, 2.24) is 9.80 Å². The first-order valence-corrected chi connectivity index (χ1v) is 4.75. The molecule has 0 aliphatic carbocycles. The van der Waals surface area contributed by atoms with Crippen molar-refractivity contribution in [2.45, 2.75) is 4.87 Å². The largest absolute Gasteiger partial charge is 0.301 e. The highest BCUT2D eigenvalue weighted by Crippen LogP contribution is 2.40. The highest BCUT2D eigenvalue weighted by atomic mass is 32.2. The first-order chi connectivity index (χ1) is 4.73. The van der Waals surface area contributed by atoms with Crippen molar-refractivity contribution in [3.8, 4) is 0 Å². The van der Waals surface area contributed by atoms with Crippen molar-refractivity contribution < 1.29 is 0 Å². The van der Waals surface area contributed by atoms with Gasteiger partial charge >= 0.3 is 0 Å². The van der Waals surface area contributed by atoms with Crippen LogP contribution in [0, 0.1) is 0 Å². The third kappa shape index (κ3) is 0.807. The molecule has 0 amide bonds. The Bertz CT molecular complexity index is 143. The van der Waals surface area contributed by atoms with Crippen LogP contribution in [-0.2, 0) is 0 Å². The van der Waals surface area contributed by atoms with E-state index in [0.29, 0.717) is 4.87 Å². The van der Waals surface area contributed by atoms with Gasteiger partial charge in [-0.05, 0) is 14.1 Å². The number of nitrogens with zero attached hydrogens (tertiary/aromatic N) is 2. The van der Waals surface area contributed by atoms with Crippen molar-refractivity contribution in [1.29, 1.82) is 0 Å². The van der Waals surface area contributed by atoms with E-state index in [9.17, 15) is 0 Å². The fourth-order valence-electron chi connectivity index (χ4n) is 1.82. The standard InChI is InChI=1S/C7H14N2S/c1-8-5-7(6-8)9(2)3-4-10-7/h3-6H2,1-2H3. The average molecular weight is 158 g/mol. The molecule has 1 spiro atoms. The van der Waals surface area contributed by atoms with Gasteiger partial charge in [-0.3, -0.25) is 4.90 Å². The number of rotatable bonds is 0. The zero-order valence-electron chi connectivity index (χ0n) is 6.63. The summed E-state index contributed by atoms with van der Waals surface area (Å²) >= 11 is 2.13. The van der Waals surface area contributed by atoms with Crippen LogP contribution in [0.2, 0.25) is 0 Å². The summed E-state index contributed by atoms with van der Waals surface area (Å²) in [6, 6.07) is 0. The first-order valence-electron chi connectivity index (χ1n) is 3.77. The lowest BCUT2D eigenvalue weighted by atomic mass is 10.1. The molecule has 0 radical (unpaired) electrons. The smallest absolute Gasteiger partial charge is 0.0924 e. The topological polar surface area (TPSA) is 6.48 Å². The summed E-state index contributed by atoms with van der Waals surface area (Å²) in [4.78, 5) is 5.40. The molecular weight excluding hydrogens is 144 g/mol. The van der Waals surface area contributed by atoms with Crippen LogP contribution in [0.1, 0.15) is 0 Å². The lowest BCUT2D eigenvalue weighted by Gasteiger charge is -2.49. The van der Waals surface area contributed by atoms with E-state index < -0.39 is 0 Å². The third-order valence-electron chi connectivity index (χ3n) is 2.53. The Labute approximate surface area is 66.6 Å². The fourth-order valence-corrected chi connectivity index (χ4v) is 3.50. The van der Waals surface area contributed by atoms with Gasteiger partial charge in [-0.1, -0.05) is 0 Å². The molecule has 0 N–H and O–H groups in total. The molecule has 0 aromatic rings. The molecule has 2 fully saturated rings. The second-order valence-electron chi connectivity index (χ2n) is 3.39. The quantitative estimate of drug-likeness (QED) is 0.501. The highest BCUT2D eigenvalue weighted by molar-refractivity contribution is 8.01. The number of hydrogen-bond donors (Lipinski definition) is 0. The summed E-state index contributed by atoms with van der Waals surface area (Å²) in [6.45, 7) is 3.79. The van der Waals surface area contributed by atoms with Gasteiger partial charge in [0, 0.05) is 25.4 Å². The molecule has 2 nitrogen and oxygen atoms in total. The van der Waals surface area contributed by atoms with Crippen LogP contribution in [0.3, 0.4) is 0 Å². The van der Waals surface area contributed by atoms with Gasteiger partial charge in [0.2, 0.25) is 0 Å². The van der Waals surface area contributed by atoms with Gasteiger partial charge in [0.05, 0.1) is 4.87 Å². The molecule has 0 aromatic carbocycles. The first kappa shape index (κ1) is 6.95. The lowest BCUT2D eigenvalue weighted by Crippen LogP contribution is -2.63. The maximum absolute atomic E-state index is 2.50. The summed E-state index contributed by atoms with van der Waals surface area (Å²) in [5.74, 6) is 1.32. The zero-order chi connectivity index (χ0) is 7.19. The number of likely N-dealkylation sites (tertiary alicyclic amines) is 1. The van der Waals surface area contributed by atoms with Gasteiger partial charge in [-0.15, -0.1) is 11.8 Å². The summed E-state index contributed by atoms with van der Waals surface area (Å²) in [5.41, 5.74) is 0. The molecule has 0 atom stereocenters. The van der Waals surface area contributed by atoms with Gasteiger partial charge in [-0.25, -0.2) is 0 Å². The van der Waals surface area contributed by atoms with Crippen molar-refractivity contribution in [3.63, 3.8) is 0 Å². The van der Waals surface area contributed by atoms with Crippen molar-refractivity contribution >= 4 is 11.8 Å². The molecule has 58 valence electrons. The minimum absolute atomic E-state index is 0.523. The molecule has 0 aromatic heterocycles. The second-order valence-corrected chi connectivity index (χ2v) is 4.85. The predicted octanol–water partition coefficient (Wildman–Crippen LogP) is 0.307. The monoisotopic (exact) mass is 158 g/mol. The molecule has 2 aliphatic heterocycles. The lowest BCUT2D eigenvalue weighted by molar-refractivity contribution is 0.0566. The Balaban J connectivity index is 2.03. The summed E-state index contributed by atoms with van der Waals surface area (Å²) in [6.07, 6.45) is 0. The molecule has 0 saturated carbocycles. The Kier molecular flexibility index (Phi) is 1.48. The minimum Gasteiger partial charge on any atom is -0.301 e. The molecule has 3 heteroatoms. The number of hydrogen-bond acceptors (Lipinski definition) is 3. The van der Waals surface area contributed by atoms with Crippen molar-refractivity contribution in [2.24, 2.45) is 0 Å². The maximum Gasteiger partial charge on any atom is 0.0924 e. The molecule has 10 heavy (non-hydrogen) atoms. The van der Waals surface area contributed by atoms with Gasteiger partial charge in [0.25, 0.3) is 0 Å². The van der Waals surface area contributed by atoms with E-state index in [-0.39, 0.29) is 0 Å². The number of likely N-dealkylation sites (N-methyl/N-ethyl adjacent to an activating group) is 2. The molecule has 2 heterocycles. The molecule has 2 rings (SSSR count). The zero-order valence-corrected chi connectivity index (χ0v) is 7.45. The van der Waals surface area contributed by atoms with Crippen LogP contribution < -0.4 is 0 Å². The van der Waals surface area contributed by atoms with Crippen LogP contribution in [0.5, 0.6) is 0 Å². The third-order valence-corrected chi connectivity index (χ3v) is 4.02. The van der Waals surface area contributed by atoms with Crippen LogP contribution in [-0.4, -0.2) is 54.2 Å². The van der Waals surface area contributed by atoms with Crippen molar-refractivity contribution in [2.75, 3.05) is 39.5 Å². The molecule has 0 unspecified atom stereocenters. The molecule has 2 saturated heterocycles. The molecule has 2 aliphatic rings. The number of thioether (sulfide) groups is 1. The van der Waals surface area contributed by atoms with E-state index in [4.69, 9.17) is 0 Å².